The van der Waals surface area contributed by atoms with E-state index in [1.807, 2.05) is 12.1 Å². The van der Waals surface area contributed by atoms with E-state index in [0.717, 1.165) is 35.6 Å². The molecule has 6 rings (SSSR count). The number of fused-ring (bicyclic) bond motifs is 5. The number of rotatable bonds is 1. The lowest BCUT2D eigenvalue weighted by Gasteiger charge is -2.38. The summed E-state index contributed by atoms with van der Waals surface area (Å²) in [6, 6.07) is 7.94. The minimum atomic E-state index is -1.03. The first-order valence-electron chi connectivity index (χ1n) is 9.09. The SMILES string of the molecule is CN1CCc2cc3c(cc2[C@H]1[C@@H]1OC(O)c2c1ccc1c2OCO1)OCO3. The topological polar surface area (TPSA) is 69.6 Å². The van der Waals surface area contributed by atoms with E-state index < -0.39 is 6.29 Å². The number of ether oxygens (including phenoxy) is 5. The van der Waals surface area contributed by atoms with Crippen molar-refractivity contribution < 1.29 is 28.8 Å². The first kappa shape index (κ1) is 15.6. The zero-order valence-corrected chi connectivity index (χ0v) is 14.8. The summed E-state index contributed by atoms with van der Waals surface area (Å²) in [6.45, 7) is 1.32. The standard InChI is InChI=1S/C20H19NO6/c1-21-5-4-10-6-14-15(25-8-24-14)7-12(10)17(21)18-11-2-3-13-19(26-9-23-13)16(11)20(22)27-18/h2-3,6-7,17-18,20,22H,4-5,8-9H2,1H3/t17-,18+,20?/m0/s1. The molecule has 1 N–H and O–H groups in total. The van der Waals surface area contributed by atoms with Crippen LogP contribution < -0.4 is 18.9 Å². The molecule has 0 amide bonds. The first-order valence-corrected chi connectivity index (χ1v) is 9.09. The Kier molecular flexibility index (Phi) is 3.18. The van der Waals surface area contributed by atoms with Crippen molar-refractivity contribution in [2.45, 2.75) is 24.9 Å². The minimum Gasteiger partial charge on any atom is -0.454 e. The van der Waals surface area contributed by atoms with E-state index in [2.05, 4.69) is 24.1 Å². The van der Waals surface area contributed by atoms with Crippen LogP contribution in [0.25, 0.3) is 0 Å². The summed E-state index contributed by atoms with van der Waals surface area (Å²) in [7, 11) is 2.08. The van der Waals surface area contributed by atoms with Crippen LogP contribution in [0, 0.1) is 0 Å². The molecule has 4 aliphatic heterocycles. The summed E-state index contributed by atoms with van der Waals surface area (Å²) < 4.78 is 28.2. The fraction of sp³-hybridized carbons (Fsp3) is 0.400. The summed E-state index contributed by atoms with van der Waals surface area (Å²) in [4.78, 5) is 2.27. The van der Waals surface area contributed by atoms with Gasteiger partial charge in [0.15, 0.2) is 29.3 Å². The fourth-order valence-electron chi connectivity index (χ4n) is 4.60. The lowest BCUT2D eigenvalue weighted by atomic mass is 9.86. The van der Waals surface area contributed by atoms with Gasteiger partial charge in [-0.15, -0.1) is 0 Å². The van der Waals surface area contributed by atoms with E-state index in [-0.39, 0.29) is 25.7 Å². The van der Waals surface area contributed by atoms with Crippen molar-refractivity contribution in [1.29, 1.82) is 0 Å². The largest absolute Gasteiger partial charge is 0.454 e. The zero-order valence-electron chi connectivity index (χ0n) is 14.8. The van der Waals surface area contributed by atoms with Gasteiger partial charge >= 0.3 is 0 Å². The average molecular weight is 369 g/mol. The van der Waals surface area contributed by atoms with Crippen LogP contribution in [0.15, 0.2) is 24.3 Å². The predicted molar refractivity (Wildman–Crippen MR) is 93.0 cm³/mol. The summed E-state index contributed by atoms with van der Waals surface area (Å²) in [5.74, 6) is 2.80. The molecule has 4 heterocycles. The van der Waals surface area contributed by atoms with Crippen molar-refractivity contribution in [3.8, 4) is 23.0 Å². The van der Waals surface area contributed by atoms with Crippen molar-refractivity contribution >= 4 is 0 Å². The smallest absolute Gasteiger partial charge is 0.231 e. The predicted octanol–water partition coefficient (Wildman–Crippen LogP) is 2.44. The van der Waals surface area contributed by atoms with Gasteiger partial charge in [0.05, 0.1) is 11.6 Å². The Balaban J connectivity index is 1.48. The summed E-state index contributed by atoms with van der Waals surface area (Å²) in [5.41, 5.74) is 4.00. The Labute approximate surface area is 156 Å². The molecule has 7 nitrogen and oxygen atoms in total. The Hall–Kier alpha value is -2.48. The highest BCUT2D eigenvalue weighted by Gasteiger charge is 2.44. The van der Waals surface area contributed by atoms with E-state index in [4.69, 9.17) is 23.7 Å². The maximum absolute atomic E-state index is 10.6. The molecule has 4 aliphatic rings. The number of hydrogen-bond donors (Lipinski definition) is 1. The van der Waals surface area contributed by atoms with Crippen LogP contribution in [-0.4, -0.2) is 37.2 Å². The second-order valence-corrected chi connectivity index (χ2v) is 7.29. The second kappa shape index (κ2) is 5.51. The molecule has 7 heteroatoms. The third-order valence-electron chi connectivity index (χ3n) is 5.89. The Morgan fingerprint density at radius 3 is 2.63 bits per heavy atom. The maximum atomic E-state index is 10.6. The van der Waals surface area contributed by atoms with Crippen LogP contribution in [-0.2, 0) is 11.2 Å². The van der Waals surface area contributed by atoms with Crippen LogP contribution in [0.5, 0.6) is 23.0 Å². The quantitative estimate of drug-likeness (QED) is 0.828. The van der Waals surface area contributed by atoms with Crippen LogP contribution in [0.1, 0.15) is 40.7 Å². The van der Waals surface area contributed by atoms with Crippen molar-refractivity contribution in [1.82, 2.24) is 4.90 Å². The van der Waals surface area contributed by atoms with Gasteiger partial charge in [0.25, 0.3) is 0 Å². The van der Waals surface area contributed by atoms with E-state index in [9.17, 15) is 5.11 Å². The highest BCUT2D eigenvalue weighted by atomic mass is 16.7. The maximum Gasteiger partial charge on any atom is 0.231 e. The van der Waals surface area contributed by atoms with Crippen molar-refractivity contribution in [3.63, 3.8) is 0 Å². The molecule has 0 bridgehead atoms. The van der Waals surface area contributed by atoms with Gasteiger partial charge in [-0.05, 0) is 48.4 Å². The van der Waals surface area contributed by atoms with Gasteiger partial charge in [0.1, 0.15) is 6.10 Å². The van der Waals surface area contributed by atoms with Gasteiger partial charge in [0.2, 0.25) is 13.6 Å². The van der Waals surface area contributed by atoms with Crippen LogP contribution in [0.4, 0.5) is 0 Å². The molecule has 0 saturated heterocycles. The highest BCUT2D eigenvalue weighted by molar-refractivity contribution is 5.56. The number of likely N-dealkylation sites (N-methyl/N-ethyl adjacent to an activating group) is 1. The molecule has 140 valence electrons. The molecule has 0 aromatic heterocycles. The van der Waals surface area contributed by atoms with E-state index in [1.54, 1.807) is 0 Å². The normalized spacial score (nSPS) is 27.6. The summed E-state index contributed by atoms with van der Waals surface area (Å²) in [5, 5.41) is 10.6. The second-order valence-electron chi connectivity index (χ2n) is 7.29. The monoisotopic (exact) mass is 369 g/mol. The van der Waals surface area contributed by atoms with E-state index in [1.165, 1.54) is 5.56 Å². The molecule has 27 heavy (non-hydrogen) atoms. The third kappa shape index (κ3) is 2.13. The van der Waals surface area contributed by atoms with E-state index in [0.29, 0.717) is 17.1 Å². The van der Waals surface area contributed by atoms with Crippen molar-refractivity contribution in [3.05, 3.63) is 46.5 Å². The lowest BCUT2D eigenvalue weighted by molar-refractivity contribution is -0.142. The molecule has 0 aliphatic carbocycles. The lowest BCUT2D eigenvalue weighted by Crippen LogP contribution is -2.35. The number of aliphatic hydroxyl groups excluding tert-OH is 1. The van der Waals surface area contributed by atoms with Crippen molar-refractivity contribution in [2.75, 3.05) is 27.2 Å². The van der Waals surface area contributed by atoms with Crippen LogP contribution in [0.3, 0.4) is 0 Å². The van der Waals surface area contributed by atoms with Gasteiger partial charge in [-0.1, -0.05) is 6.07 Å². The molecule has 0 saturated carbocycles. The van der Waals surface area contributed by atoms with Gasteiger partial charge in [-0.2, -0.15) is 0 Å². The Morgan fingerprint density at radius 1 is 0.963 bits per heavy atom. The summed E-state index contributed by atoms with van der Waals surface area (Å²) in [6.07, 6.45) is -0.411. The van der Waals surface area contributed by atoms with Gasteiger partial charge in [0, 0.05) is 6.54 Å². The van der Waals surface area contributed by atoms with Gasteiger partial charge < -0.3 is 28.8 Å². The number of nitrogens with zero attached hydrogens (tertiary/aromatic N) is 1. The zero-order chi connectivity index (χ0) is 18.1. The molecule has 0 radical (unpaired) electrons. The molecular formula is C20H19NO6. The van der Waals surface area contributed by atoms with Crippen molar-refractivity contribution in [2.24, 2.45) is 0 Å². The highest BCUT2D eigenvalue weighted by Crippen LogP contribution is 2.54. The Morgan fingerprint density at radius 2 is 1.74 bits per heavy atom. The molecule has 1 unspecified atom stereocenters. The van der Waals surface area contributed by atoms with Crippen LogP contribution in [0.2, 0.25) is 0 Å². The third-order valence-corrected chi connectivity index (χ3v) is 5.89. The minimum absolute atomic E-state index is 0.0421. The van der Waals surface area contributed by atoms with E-state index >= 15 is 0 Å². The number of benzene rings is 2. The van der Waals surface area contributed by atoms with Crippen LogP contribution >= 0.6 is 0 Å². The first-order chi connectivity index (χ1) is 13.2. The Bertz CT molecular complexity index is 945. The molecule has 0 spiro atoms. The molecular weight excluding hydrogens is 350 g/mol. The number of hydrogen-bond acceptors (Lipinski definition) is 7. The molecule has 0 fully saturated rings. The molecule has 2 aromatic carbocycles. The van der Waals surface area contributed by atoms with Gasteiger partial charge in [-0.3, -0.25) is 4.90 Å². The average Bonchev–Trinajstić information content (AvgIpc) is 3.38. The molecule has 2 aromatic rings. The van der Waals surface area contributed by atoms with Gasteiger partial charge in [-0.25, -0.2) is 0 Å². The number of aliphatic hydroxyl groups is 1. The molecule has 3 atom stereocenters. The fourth-order valence-corrected chi connectivity index (χ4v) is 4.60. The summed E-state index contributed by atoms with van der Waals surface area (Å²) >= 11 is 0.